The SMILES string of the molecule is Clc1cccc2nc(CC3CC4CCC(C3)N4)sc12. The summed E-state index contributed by atoms with van der Waals surface area (Å²) < 4.78 is 1.15. The van der Waals surface area contributed by atoms with Gasteiger partial charge in [-0.1, -0.05) is 17.7 Å². The Morgan fingerprint density at radius 2 is 2.05 bits per heavy atom. The topological polar surface area (TPSA) is 24.9 Å². The minimum Gasteiger partial charge on any atom is -0.311 e. The van der Waals surface area contributed by atoms with Crippen LogP contribution in [0.3, 0.4) is 0 Å². The van der Waals surface area contributed by atoms with Crippen molar-refractivity contribution >= 4 is 33.2 Å². The van der Waals surface area contributed by atoms with Crippen LogP contribution in [0.5, 0.6) is 0 Å². The lowest BCUT2D eigenvalue weighted by Crippen LogP contribution is -2.38. The van der Waals surface area contributed by atoms with Crippen molar-refractivity contribution in [2.75, 3.05) is 0 Å². The Bertz CT molecular complexity index is 597. The van der Waals surface area contributed by atoms with Crippen LogP contribution in [0.15, 0.2) is 18.2 Å². The van der Waals surface area contributed by atoms with E-state index in [1.807, 2.05) is 12.1 Å². The van der Waals surface area contributed by atoms with Crippen molar-refractivity contribution in [1.82, 2.24) is 10.3 Å². The molecule has 2 bridgehead atoms. The van der Waals surface area contributed by atoms with Gasteiger partial charge in [-0.25, -0.2) is 4.98 Å². The Morgan fingerprint density at radius 1 is 1.26 bits per heavy atom. The highest BCUT2D eigenvalue weighted by Gasteiger charge is 2.33. The van der Waals surface area contributed by atoms with E-state index in [0.717, 1.165) is 39.7 Å². The maximum absolute atomic E-state index is 6.23. The van der Waals surface area contributed by atoms with Gasteiger partial charge in [-0.05, 0) is 43.7 Å². The van der Waals surface area contributed by atoms with Gasteiger partial charge in [-0.15, -0.1) is 11.3 Å². The van der Waals surface area contributed by atoms with Gasteiger partial charge in [0, 0.05) is 18.5 Å². The molecule has 4 rings (SSSR count). The smallest absolute Gasteiger partial charge is 0.0941 e. The van der Waals surface area contributed by atoms with E-state index in [4.69, 9.17) is 16.6 Å². The minimum absolute atomic E-state index is 0.765. The van der Waals surface area contributed by atoms with Crippen LogP contribution >= 0.6 is 22.9 Å². The number of rotatable bonds is 2. The second kappa shape index (κ2) is 4.72. The van der Waals surface area contributed by atoms with Gasteiger partial charge in [0.05, 0.1) is 20.2 Å². The fourth-order valence-corrected chi connectivity index (χ4v) is 5.01. The van der Waals surface area contributed by atoms with E-state index < -0.39 is 0 Å². The van der Waals surface area contributed by atoms with Crippen LogP contribution in [0.2, 0.25) is 5.02 Å². The minimum atomic E-state index is 0.765. The largest absolute Gasteiger partial charge is 0.311 e. The Balaban J connectivity index is 1.56. The number of hydrogen-bond acceptors (Lipinski definition) is 3. The number of benzene rings is 1. The van der Waals surface area contributed by atoms with E-state index in [-0.39, 0.29) is 0 Å². The van der Waals surface area contributed by atoms with Crippen molar-refractivity contribution in [1.29, 1.82) is 0 Å². The van der Waals surface area contributed by atoms with Gasteiger partial charge in [-0.3, -0.25) is 0 Å². The number of nitrogens with one attached hydrogen (secondary N) is 1. The molecule has 2 unspecified atom stereocenters. The van der Waals surface area contributed by atoms with Crippen LogP contribution in [0.1, 0.15) is 30.7 Å². The lowest BCUT2D eigenvalue weighted by molar-refractivity contribution is 0.298. The lowest BCUT2D eigenvalue weighted by Gasteiger charge is -2.28. The van der Waals surface area contributed by atoms with Gasteiger partial charge in [-0.2, -0.15) is 0 Å². The molecule has 2 nitrogen and oxygen atoms in total. The number of aromatic nitrogens is 1. The number of nitrogens with zero attached hydrogens (tertiary/aromatic N) is 1. The molecule has 19 heavy (non-hydrogen) atoms. The van der Waals surface area contributed by atoms with E-state index in [1.165, 1.54) is 30.7 Å². The number of halogens is 1. The van der Waals surface area contributed by atoms with Crippen molar-refractivity contribution < 1.29 is 0 Å². The van der Waals surface area contributed by atoms with Crippen LogP contribution in [0.25, 0.3) is 10.2 Å². The van der Waals surface area contributed by atoms with Crippen LogP contribution in [0, 0.1) is 5.92 Å². The maximum Gasteiger partial charge on any atom is 0.0941 e. The third-order valence-corrected chi connectivity index (χ3v) is 6.00. The number of fused-ring (bicyclic) bond motifs is 3. The van der Waals surface area contributed by atoms with Gasteiger partial charge in [0.15, 0.2) is 0 Å². The van der Waals surface area contributed by atoms with Gasteiger partial charge in [0.1, 0.15) is 0 Å². The summed E-state index contributed by atoms with van der Waals surface area (Å²) in [6.07, 6.45) is 6.50. The zero-order valence-electron chi connectivity index (χ0n) is 10.7. The average molecular weight is 293 g/mol. The summed E-state index contributed by atoms with van der Waals surface area (Å²) in [5, 5.41) is 5.80. The molecule has 2 atom stereocenters. The summed E-state index contributed by atoms with van der Waals surface area (Å²) >= 11 is 8.01. The predicted octanol–water partition coefficient (Wildman–Crippen LogP) is 4.02. The van der Waals surface area contributed by atoms with E-state index in [2.05, 4.69) is 11.4 Å². The Hall–Kier alpha value is -0.640. The van der Waals surface area contributed by atoms with Gasteiger partial charge < -0.3 is 5.32 Å². The summed E-state index contributed by atoms with van der Waals surface area (Å²) in [5.74, 6) is 0.804. The first-order valence-corrected chi connectivity index (χ1v) is 8.27. The molecule has 1 aromatic carbocycles. The quantitative estimate of drug-likeness (QED) is 0.904. The standard InChI is InChI=1S/C15H17ClN2S/c16-12-2-1-3-13-15(12)19-14(18-13)8-9-6-10-4-5-11(7-9)17-10/h1-3,9-11,17H,4-8H2. The third kappa shape index (κ3) is 2.28. The maximum atomic E-state index is 6.23. The molecule has 1 aromatic heterocycles. The molecule has 2 aliphatic rings. The molecule has 100 valence electrons. The molecule has 2 fully saturated rings. The molecule has 2 aliphatic heterocycles. The van der Waals surface area contributed by atoms with Crippen molar-refractivity contribution in [2.45, 2.75) is 44.2 Å². The fraction of sp³-hybridized carbons (Fsp3) is 0.533. The normalized spacial score (nSPS) is 30.1. The predicted molar refractivity (Wildman–Crippen MR) is 81.0 cm³/mol. The van der Waals surface area contributed by atoms with Gasteiger partial charge in [0.2, 0.25) is 0 Å². The monoisotopic (exact) mass is 292 g/mol. The van der Waals surface area contributed by atoms with E-state index in [9.17, 15) is 0 Å². The first-order chi connectivity index (χ1) is 9.28. The van der Waals surface area contributed by atoms with E-state index in [0.29, 0.717) is 0 Å². The molecular weight excluding hydrogens is 276 g/mol. The van der Waals surface area contributed by atoms with Crippen molar-refractivity contribution in [3.8, 4) is 0 Å². The summed E-state index contributed by atoms with van der Waals surface area (Å²) in [7, 11) is 0. The van der Waals surface area contributed by atoms with Crippen LogP contribution in [0.4, 0.5) is 0 Å². The highest BCUT2D eigenvalue weighted by atomic mass is 35.5. The number of hydrogen-bond donors (Lipinski definition) is 1. The second-order valence-corrected chi connectivity index (χ2v) is 7.37. The van der Waals surface area contributed by atoms with Gasteiger partial charge in [0.25, 0.3) is 0 Å². The summed E-state index contributed by atoms with van der Waals surface area (Å²) in [4.78, 5) is 4.75. The first-order valence-electron chi connectivity index (χ1n) is 7.08. The molecule has 0 radical (unpaired) electrons. The summed E-state index contributed by atoms with van der Waals surface area (Å²) in [6.45, 7) is 0. The zero-order chi connectivity index (χ0) is 12.8. The van der Waals surface area contributed by atoms with Crippen LogP contribution < -0.4 is 5.32 Å². The molecule has 2 saturated heterocycles. The summed E-state index contributed by atoms with van der Waals surface area (Å²) in [6, 6.07) is 7.53. The third-order valence-electron chi connectivity index (χ3n) is 4.45. The Kier molecular flexibility index (Phi) is 3.02. The molecule has 0 amide bonds. The number of thiazole rings is 1. The molecule has 0 aliphatic carbocycles. The highest BCUT2D eigenvalue weighted by Crippen LogP contribution is 2.35. The zero-order valence-corrected chi connectivity index (χ0v) is 12.3. The van der Waals surface area contributed by atoms with Crippen LogP contribution in [-0.2, 0) is 6.42 Å². The van der Waals surface area contributed by atoms with Crippen molar-refractivity contribution in [3.05, 3.63) is 28.2 Å². The molecule has 1 N–H and O–H groups in total. The number of piperidine rings is 1. The lowest BCUT2D eigenvalue weighted by atomic mass is 9.90. The second-order valence-electron chi connectivity index (χ2n) is 5.88. The van der Waals surface area contributed by atoms with E-state index >= 15 is 0 Å². The molecule has 0 saturated carbocycles. The Labute approximate surface area is 122 Å². The van der Waals surface area contributed by atoms with Crippen molar-refractivity contribution in [2.24, 2.45) is 5.92 Å². The highest BCUT2D eigenvalue weighted by molar-refractivity contribution is 7.19. The van der Waals surface area contributed by atoms with Crippen LogP contribution in [-0.4, -0.2) is 17.1 Å². The van der Waals surface area contributed by atoms with Gasteiger partial charge >= 0.3 is 0 Å². The molecule has 2 aromatic rings. The molecular formula is C15H17ClN2S. The Morgan fingerprint density at radius 3 is 2.79 bits per heavy atom. The fourth-order valence-electron chi connectivity index (χ4n) is 3.64. The van der Waals surface area contributed by atoms with E-state index in [1.54, 1.807) is 11.3 Å². The first kappa shape index (κ1) is 12.1. The summed E-state index contributed by atoms with van der Waals surface area (Å²) in [5.41, 5.74) is 1.06. The average Bonchev–Trinajstić information content (AvgIpc) is 2.94. The molecule has 0 spiro atoms. The molecule has 3 heterocycles. The van der Waals surface area contributed by atoms with Crippen molar-refractivity contribution in [3.63, 3.8) is 0 Å². The molecule has 4 heteroatoms.